The highest BCUT2D eigenvalue weighted by Crippen LogP contribution is 2.17. The first-order valence-corrected chi connectivity index (χ1v) is 12.7. The third-order valence-electron chi connectivity index (χ3n) is 5.18. The molecule has 0 bridgehead atoms. The molecule has 180 valence electrons. The van der Waals surface area contributed by atoms with Gasteiger partial charge in [-0.25, -0.2) is 12.7 Å². The van der Waals surface area contributed by atoms with E-state index in [1.807, 2.05) is 26.0 Å². The minimum absolute atomic E-state index is 0.0516. The van der Waals surface area contributed by atoms with Gasteiger partial charge in [0, 0.05) is 37.6 Å². The Morgan fingerprint density at radius 2 is 1.61 bits per heavy atom. The number of nitrogens with one attached hydrogen (secondary N) is 1. The lowest BCUT2D eigenvalue weighted by Gasteiger charge is -2.29. The first-order chi connectivity index (χ1) is 15.5. The van der Waals surface area contributed by atoms with Gasteiger partial charge in [0.15, 0.2) is 0 Å². The highest BCUT2D eigenvalue weighted by Gasteiger charge is 2.27. The minimum Gasteiger partial charge on any atom is -0.352 e. The van der Waals surface area contributed by atoms with Crippen molar-refractivity contribution in [2.24, 2.45) is 0 Å². The second-order valence-electron chi connectivity index (χ2n) is 8.23. The van der Waals surface area contributed by atoms with Crippen molar-refractivity contribution in [3.63, 3.8) is 0 Å². The van der Waals surface area contributed by atoms with Gasteiger partial charge in [-0.15, -0.1) is 0 Å². The maximum Gasteiger partial charge on any atom is 0.242 e. The first kappa shape index (κ1) is 26.8. The molecule has 1 N–H and O–H groups in total. The van der Waals surface area contributed by atoms with E-state index < -0.39 is 16.1 Å². The molecular formula is C24H32ClN3O4S. The molecule has 0 spiro atoms. The molecule has 33 heavy (non-hydrogen) atoms. The third-order valence-corrected chi connectivity index (χ3v) is 7.30. The van der Waals surface area contributed by atoms with Crippen LogP contribution in [0.5, 0.6) is 0 Å². The molecule has 0 fully saturated rings. The summed E-state index contributed by atoms with van der Waals surface area (Å²) < 4.78 is 26.6. The van der Waals surface area contributed by atoms with Gasteiger partial charge in [0.25, 0.3) is 0 Å². The van der Waals surface area contributed by atoms with Crippen LogP contribution in [0.4, 0.5) is 0 Å². The van der Waals surface area contributed by atoms with Crippen LogP contribution in [0, 0.1) is 0 Å². The Hall–Kier alpha value is -2.42. The predicted octanol–water partition coefficient (Wildman–Crippen LogP) is 3.68. The lowest BCUT2D eigenvalue weighted by atomic mass is 10.1. The number of amides is 2. The van der Waals surface area contributed by atoms with Crippen LogP contribution < -0.4 is 5.32 Å². The molecule has 2 rings (SSSR count). The van der Waals surface area contributed by atoms with Gasteiger partial charge in [0.2, 0.25) is 21.8 Å². The van der Waals surface area contributed by atoms with Crippen LogP contribution in [0.25, 0.3) is 0 Å². The van der Waals surface area contributed by atoms with Crippen LogP contribution in [0.15, 0.2) is 59.5 Å². The normalized spacial score (nSPS) is 12.6. The highest BCUT2D eigenvalue weighted by molar-refractivity contribution is 7.89. The first-order valence-electron chi connectivity index (χ1n) is 10.9. The van der Waals surface area contributed by atoms with Crippen LogP contribution in [0.2, 0.25) is 5.02 Å². The van der Waals surface area contributed by atoms with Gasteiger partial charge >= 0.3 is 0 Å². The van der Waals surface area contributed by atoms with Crippen molar-refractivity contribution < 1.29 is 18.0 Å². The Labute approximate surface area is 201 Å². The van der Waals surface area contributed by atoms with Crippen LogP contribution >= 0.6 is 11.6 Å². The van der Waals surface area contributed by atoms with Crippen LogP contribution in [0.3, 0.4) is 0 Å². The van der Waals surface area contributed by atoms with Crippen molar-refractivity contribution >= 4 is 33.4 Å². The number of halogens is 1. The van der Waals surface area contributed by atoms with E-state index in [0.29, 0.717) is 11.4 Å². The van der Waals surface area contributed by atoms with E-state index in [9.17, 15) is 18.0 Å². The molecule has 7 nitrogen and oxygen atoms in total. The molecule has 0 aliphatic rings. The number of hydrogen-bond donors (Lipinski definition) is 1. The van der Waals surface area contributed by atoms with E-state index in [1.54, 1.807) is 49.4 Å². The SMILES string of the molecule is CC(C)NC(=O)C(C)N(Cc1ccc(Cl)cc1)C(=O)CCCN(C)S(=O)(=O)c1ccccc1. The van der Waals surface area contributed by atoms with Gasteiger partial charge in [-0.2, -0.15) is 0 Å². The highest BCUT2D eigenvalue weighted by atomic mass is 35.5. The van der Waals surface area contributed by atoms with E-state index in [1.165, 1.54) is 16.3 Å². The Bertz CT molecular complexity index is 1030. The topological polar surface area (TPSA) is 86.8 Å². The Kier molecular flexibility index (Phi) is 9.88. The summed E-state index contributed by atoms with van der Waals surface area (Å²) in [6.45, 7) is 5.85. The molecule has 2 amide bonds. The van der Waals surface area contributed by atoms with E-state index in [4.69, 9.17) is 11.6 Å². The Morgan fingerprint density at radius 1 is 1.00 bits per heavy atom. The summed E-state index contributed by atoms with van der Waals surface area (Å²) in [4.78, 5) is 27.4. The lowest BCUT2D eigenvalue weighted by molar-refractivity contribution is -0.140. The molecule has 0 saturated heterocycles. The number of sulfonamides is 1. The molecule has 2 aromatic rings. The molecular weight excluding hydrogens is 462 g/mol. The predicted molar refractivity (Wildman–Crippen MR) is 130 cm³/mol. The molecule has 1 unspecified atom stereocenters. The number of rotatable bonds is 11. The largest absolute Gasteiger partial charge is 0.352 e. The van der Waals surface area contributed by atoms with Crippen molar-refractivity contribution in [2.75, 3.05) is 13.6 Å². The van der Waals surface area contributed by atoms with E-state index in [2.05, 4.69) is 5.32 Å². The molecule has 0 radical (unpaired) electrons. The summed E-state index contributed by atoms with van der Waals surface area (Å²) in [5.74, 6) is -0.460. The summed E-state index contributed by atoms with van der Waals surface area (Å²) >= 11 is 5.96. The fraction of sp³-hybridized carbons (Fsp3) is 0.417. The number of carbonyl (C=O) groups excluding carboxylic acids is 2. The molecule has 1 atom stereocenters. The van der Waals surface area contributed by atoms with Gasteiger partial charge in [-0.1, -0.05) is 41.9 Å². The lowest BCUT2D eigenvalue weighted by Crippen LogP contribution is -2.49. The van der Waals surface area contributed by atoms with Gasteiger partial charge in [-0.3, -0.25) is 9.59 Å². The van der Waals surface area contributed by atoms with E-state index >= 15 is 0 Å². The summed E-state index contributed by atoms with van der Waals surface area (Å²) in [6.07, 6.45) is 0.443. The second-order valence-corrected chi connectivity index (χ2v) is 10.7. The summed E-state index contributed by atoms with van der Waals surface area (Å²) in [5.41, 5.74) is 0.848. The molecule has 0 aliphatic carbocycles. The zero-order chi connectivity index (χ0) is 24.6. The van der Waals surface area contributed by atoms with Gasteiger partial charge in [-0.05, 0) is 57.0 Å². The van der Waals surface area contributed by atoms with Crippen LogP contribution in [0.1, 0.15) is 39.2 Å². The number of carbonyl (C=O) groups is 2. The Balaban J connectivity index is 2.07. The maximum absolute atomic E-state index is 13.1. The van der Waals surface area contributed by atoms with E-state index in [0.717, 1.165) is 5.56 Å². The van der Waals surface area contributed by atoms with Crippen molar-refractivity contribution in [1.29, 1.82) is 0 Å². The molecule has 0 saturated carbocycles. The summed E-state index contributed by atoms with van der Waals surface area (Å²) in [6, 6.07) is 14.6. The van der Waals surface area contributed by atoms with Gasteiger partial charge in [0.1, 0.15) is 6.04 Å². The number of hydrogen-bond acceptors (Lipinski definition) is 4. The van der Waals surface area contributed by atoms with Crippen LogP contribution in [-0.2, 0) is 26.2 Å². The minimum atomic E-state index is -3.62. The van der Waals surface area contributed by atoms with Gasteiger partial charge in [0.05, 0.1) is 4.90 Å². The zero-order valence-electron chi connectivity index (χ0n) is 19.5. The zero-order valence-corrected chi connectivity index (χ0v) is 21.1. The Morgan fingerprint density at radius 3 is 2.18 bits per heavy atom. The fourth-order valence-corrected chi connectivity index (χ4v) is 4.62. The molecule has 9 heteroatoms. The maximum atomic E-state index is 13.1. The number of benzene rings is 2. The molecule has 0 aromatic heterocycles. The standard InChI is InChI=1S/C24H32ClN3O4S/c1-18(2)26-24(30)19(3)28(17-20-12-14-21(25)15-13-20)23(29)11-8-16-27(4)33(31,32)22-9-6-5-7-10-22/h5-7,9-10,12-15,18-19H,8,11,16-17H2,1-4H3,(H,26,30). The molecule has 0 aliphatic heterocycles. The third kappa shape index (κ3) is 7.84. The smallest absolute Gasteiger partial charge is 0.242 e. The number of nitrogens with zero attached hydrogens (tertiary/aromatic N) is 2. The van der Waals surface area contributed by atoms with Gasteiger partial charge < -0.3 is 10.2 Å². The van der Waals surface area contributed by atoms with Crippen molar-refractivity contribution in [2.45, 2.75) is 57.1 Å². The average molecular weight is 494 g/mol. The fourth-order valence-electron chi connectivity index (χ4n) is 3.26. The van der Waals surface area contributed by atoms with E-state index in [-0.39, 0.29) is 42.3 Å². The monoisotopic (exact) mass is 493 g/mol. The quantitative estimate of drug-likeness (QED) is 0.517. The second kappa shape index (κ2) is 12.2. The van der Waals surface area contributed by atoms with Crippen molar-refractivity contribution in [3.8, 4) is 0 Å². The van der Waals surface area contributed by atoms with Crippen molar-refractivity contribution in [1.82, 2.24) is 14.5 Å². The average Bonchev–Trinajstić information content (AvgIpc) is 2.78. The summed E-state index contributed by atoms with van der Waals surface area (Å²) in [7, 11) is -2.12. The van der Waals surface area contributed by atoms with Crippen LogP contribution in [-0.4, -0.2) is 55.1 Å². The summed E-state index contributed by atoms with van der Waals surface area (Å²) in [5, 5.41) is 3.43. The molecule has 0 heterocycles. The van der Waals surface area contributed by atoms with Crippen molar-refractivity contribution in [3.05, 3.63) is 65.2 Å². The molecule has 2 aromatic carbocycles.